The molecule has 1 amide bonds. The van der Waals surface area contributed by atoms with E-state index in [0.29, 0.717) is 16.3 Å². The van der Waals surface area contributed by atoms with E-state index in [0.717, 1.165) is 31.7 Å². The minimum Gasteiger partial charge on any atom is -0.469 e. The Balaban J connectivity index is 1.95. The number of hydrogen-bond acceptors (Lipinski definition) is 2. The average Bonchev–Trinajstić information content (AvgIpc) is 2.75. The highest BCUT2D eigenvalue weighted by Crippen LogP contribution is 2.25. The van der Waals surface area contributed by atoms with Gasteiger partial charge in [-0.15, -0.1) is 0 Å². The number of halogens is 1. The predicted octanol–water partition coefficient (Wildman–Crippen LogP) is 3.22. The largest absolute Gasteiger partial charge is 0.469 e. The van der Waals surface area contributed by atoms with E-state index in [1.54, 1.807) is 6.26 Å². The highest BCUT2D eigenvalue weighted by molar-refractivity contribution is 9.09. The molecular weight excluding hydrogens is 282 g/mol. The van der Waals surface area contributed by atoms with Gasteiger partial charge in [0.05, 0.1) is 5.56 Å². The molecule has 2 heterocycles. The van der Waals surface area contributed by atoms with Crippen LogP contribution < -0.4 is 0 Å². The highest BCUT2D eigenvalue weighted by atomic mass is 79.9. The molecule has 1 aromatic rings. The van der Waals surface area contributed by atoms with E-state index in [9.17, 15) is 4.79 Å². The van der Waals surface area contributed by atoms with E-state index < -0.39 is 0 Å². The number of carbonyl (C=O) groups excluding carboxylic acids is 1. The third kappa shape index (κ3) is 2.92. The maximum absolute atomic E-state index is 12.1. The molecular formula is C13H18BrNO2. The van der Waals surface area contributed by atoms with E-state index in [1.807, 2.05) is 17.9 Å². The first kappa shape index (κ1) is 12.7. The van der Waals surface area contributed by atoms with Gasteiger partial charge in [0.15, 0.2) is 0 Å². The SMILES string of the molecule is Cc1cc(C(=O)N2CCC(C(C)Br)CC2)co1. The van der Waals surface area contributed by atoms with Gasteiger partial charge in [-0.3, -0.25) is 4.79 Å². The Hall–Kier alpha value is -0.770. The van der Waals surface area contributed by atoms with Gasteiger partial charge in [-0.1, -0.05) is 22.9 Å². The zero-order chi connectivity index (χ0) is 12.4. The maximum atomic E-state index is 12.1. The first-order valence-electron chi connectivity index (χ1n) is 6.06. The van der Waals surface area contributed by atoms with Crippen LogP contribution in [0.15, 0.2) is 16.7 Å². The van der Waals surface area contributed by atoms with Crippen molar-refractivity contribution in [2.75, 3.05) is 13.1 Å². The molecule has 1 aliphatic heterocycles. The second-order valence-corrected chi connectivity index (χ2v) is 6.20. The van der Waals surface area contributed by atoms with Gasteiger partial charge in [-0.2, -0.15) is 0 Å². The lowest BCUT2D eigenvalue weighted by Crippen LogP contribution is -2.39. The van der Waals surface area contributed by atoms with Crippen LogP contribution in [0.5, 0.6) is 0 Å². The van der Waals surface area contributed by atoms with E-state index in [2.05, 4.69) is 22.9 Å². The van der Waals surface area contributed by atoms with Crippen molar-refractivity contribution in [3.63, 3.8) is 0 Å². The standard InChI is InChI=1S/C13H18BrNO2/c1-9-7-12(8-17-9)13(16)15-5-3-11(4-6-15)10(2)14/h7-8,10-11H,3-6H2,1-2H3. The second-order valence-electron chi connectivity index (χ2n) is 4.75. The van der Waals surface area contributed by atoms with Crippen molar-refractivity contribution in [1.29, 1.82) is 0 Å². The van der Waals surface area contributed by atoms with E-state index in [-0.39, 0.29) is 5.91 Å². The van der Waals surface area contributed by atoms with Crippen LogP contribution in [0.25, 0.3) is 0 Å². The molecule has 1 saturated heterocycles. The molecule has 1 atom stereocenters. The molecule has 0 bridgehead atoms. The Morgan fingerprint density at radius 1 is 1.53 bits per heavy atom. The number of furan rings is 1. The molecule has 17 heavy (non-hydrogen) atoms. The number of carbonyl (C=O) groups is 1. The smallest absolute Gasteiger partial charge is 0.257 e. The molecule has 0 aliphatic carbocycles. The summed E-state index contributed by atoms with van der Waals surface area (Å²) in [7, 11) is 0. The Morgan fingerprint density at radius 2 is 2.18 bits per heavy atom. The van der Waals surface area contributed by atoms with Crippen LogP contribution in [0.4, 0.5) is 0 Å². The first-order valence-corrected chi connectivity index (χ1v) is 6.98. The van der Waals surface area contributed by atoms with Gasteiger partial charge in [-0.25, -0.2) is 0 Å². The molecule has 2 rings (SSSR count). The quantitative estimate of drug-likeness (QED) is 0.786. The molecule has 3 nitrogen and oxygen atoms in total. The fourth-order valence-corrected chi connectivity index (χ4v) is 2.83. The fourth-order valence-electron chi connectivity index (χ4n) is 2.30. The fraction of sp³-hybridized carbons (Fsp3) is 0.615. The Kier molecular flexibility index (Phi) is 3.92. The molecule has 4 heteroatoms. The summed E-state index contributed by atoms with van der Waals surface area (Å²) in [6.07, 6.45) is 3.71. The summed E-state index contributed by atoms with van der Waals surface area (Å²) in [5, 5.41) is 0. The maximum Gasteiger partial charge on any atom is 0.257 e. The van der Waals surface area contributed by atoms with Crippen LogP contribution in [0.3, 0.4) is 0 Å². The molecule has 1 aromatic heterocycles. The van der Waals surface area contributed by atoms with Crippen LogP contribution in [-0.2, 0) is 0 Å². The van der Waals surface area contributed by atoms with Crippen molar-refractivity contribution in [3.05, 3.63) is 23.7 Å². The van der Waals surface area contributed by atoms with E-state index in [4.69, 9.17) is 4.42 Å². The molecule has 0 saturated carbocycles. The molecule has 0 spiro atoms. The minimum absolute atomic E-state index is 0.0996. The minimum atomic E-state index is 0.0996. The molecule has 0 radical (unpaired) electrons. The predicted molar refractivity (Wildman–Crippen MR) is 70.5 cm³/mol. The molecule has 1 fully saturated rings. The van der Waals surface area contributed by atoms with Crippen molar-refractivity contribution in [1.82, 2.24) is 4.90 Å². The Bertz CT molecular complexity index is 392. The third-order valence-corrected chi connectivity index (χ3v) is 4.20. The van der Waals surface area contributed by atoms with Crippen LogP contribution in [0.2, 0.25) is 0 Å². The van der Waals surface area contributed by atoms with Crippen LogP contribution in [0, 0.1) is 12.8 Å². The zero-order valence-corrected chi connectivity index (χ0v) is 11.9. The summed E-state index contributed by atoms with van der Waals surface area (Å²) in [6, 6.07) is 1.81. The van der Waals surface area contributed by atoms with Crippen LogP contribution in [-0.4, -0.2) is 28.7 Å². The lowest BCUT2D eigenvalue weighted by molar-refractivity contribution is 0.0691. The monoisotopic (exact) mass is 299 g/mol. The van der Waals surface area contributed by atoms with Crippen LogP contribution in [0.1, 0.15) is 35.9 Å². The number of rotatable bonds is 2. The second kappa shape index (κ2) is 5.25. The van der Waals surface area contributed by atoms with Crippen LogP contribution >= 0.6 is 15.9 Å². The van der Waals surface area contributed by atoms with Gasteiger partial charge < -0.3 is 9.32 Å². The average molecular weight is 300 g/mol. The summed E-state index contributed by atoms with van der Waals surface area (Å²) in [4.78, 5) is 14.6. The number of nitrogens with zero attached hydrogens (tertiary/aromatic N) is 1. The third-order valence-electron chi connectivity index (χ3n) is 3.45. The Morgan fingerprint density at radius 3 is 2.65 bits per heavy atom. The summed E-state index contributed by atoms with van der Waals surface area (Å²) in [5.41, 5.74) is 0.674. The first-order chi connectivity index (χ1) is 8.08. The van der Waals surface area contributed by atoms with Gasteiger partial charge in [0, 0.05) is 17.9 Å². The molecule has 0 aromatic carbocycles. The van der Waals surface area contributed by atoms with Gasteiger partial charge in [0.1, 0.15) is 12.0 Å². The van der Waals surface area contributed by atoms with Crippen molar-refractivity contribution >= 4 is 21.8 Å². The van der Waals surface area contributed by atoms with Gasteiger partial charge in [0.2, 0.25) is 0 Å². The summed E-state index contributed by atoms with van der Waals surface area (Å²) >= 11 is 3.62. The van der Waals surface area contributed by atoms with Crippen molar-refractivity contribution in [3.8, 4) is 0 Å². The number of piperidine rings is 1. The number of hydrogen-bond donors (Lipinski definition) is 0. The number of amides is 1. The Labute approximate surface area is 110 Å². The van der Waals surface area contributed by atoms with Crippen molar-refractivity contribution in [2.24, 2.45) is 5.92 Å². The van der Waals surface area contributed by atoms with Gasteiger partial charge in [-0.05, 0) is 31.7 Å². The molecule has 1 unspecified atom stereocenters. The lowest BCUT2D eigenvalue weighted by Gasteiger charge is -2.33. The zero-order valence-electron chi connectivity index (χ0n) is 10.3. The van der Waals surface area contributed by atoms with Crippen molar-refractivity contribution in [2.45, 2.75) is 31.5 Å². The summed E-state index contributed by atoms with van der Waals surface area (Å²) in [6.45, 7) is 5.74. The molecule has 94 valence electrons. The molecule has 1 aliphatic rings. The van der Waals surface area contributed by atoms with E-state index >= 15 is 0 Å². The van der Waals surface area contributed by atoms with Gasteiger partial charge in [0.25, 0.3) is 5.91 Å². The topological polar surface area (TPSA) is 33.5 Å². The highest BCUT2D eigenvalue weighted by Gasteiger charge is 2.26. The number of aryl methyl sites for hydroxylation is 1. The van der Waals surface area contributed by atoms with Gasteiger partial charge >= 0.3 is 0 Å². The van der Waals surface area contributed by atoms with E-state index in [1.165, 1.54) is 0 Å². The summed E-state index contributed by atoms with van der Waals surface area (Å²) in [5.74, 6) is 1.57. The molecule has 0 N–H and O–H groups in total. The van der Waals surface area contributed by atoms with Crippen molar-refractivity contribution < 1.29 is 9.21 Å². The lowest BCUT2D eigenvalue weighted by atomic mass is 9.94. The summed E-state index contributed by atoms with van der Waals surface area (Å²) < 4.78 is 5.18. The number of likely N-dealkylation sites (tertiary alicyclic amines) is 1. The normalized spacial score (nSPS) is 19.4. The number of alkyl halides is 1.